The van der Waals surface area contributed by atoms with Crippen LogP contribution in [0.15, 0.2) is 64.9 Å². The molecule has 0 amide bonds. The number of oxime groups is 1. The molecule has 0 radical (unpaired) electrons. The van der Waals surface area contributed by atoms with Crippen LogP contribution >= 0.6 is 0 Å². The molecule has 0 aliphatic carbocycles. The van der Waals surface area contributed by atoms with Crippen LogP contribution < -0.4 is 0 Å². The van der Waals surface area contributed by atoms with Crippen molar-refractivity contribution in [2.75, 3.05) is 7.05 Å². The number of rotatable bonds is 2. The molecule has 0 atom stereocenters. The summed E-state index contributed by atoms with van der Waals surface area (Å²) in [7, 11) is 1.86. The summed E-state index contributed by atoms with van der Waals surface area (Å²) < 4.78 is 0. The van der Waals surface area contributed by atoms with E-state index < -0.39 is 0 Å². The van der Waals surface area contributed by atoms with E-state index in [-0.39, 0.29) is 0 Å². The summed E-state index contributed by atoms with van der Waals surface area (Å²) in [4.78, 5) is 5.25. The van der Waals surface area contributed by atoms with Gasteiger partial charge in [-0.15, -0.1) is 0 Å². The lowest BCUT2D eigenvalue weighted by atomic mass is 10.1. The van der Waals surface area contributed by atoms with Crippen molar-refractivity contribution in [3.63, 3.8) is 0 Å². The van der Waals surface area contributed by atoms with E-state index >= 15 is 0 Å². The summed E-state index contributed by atoms with van der Waals surface area (Å²) in [5.41, 5.74) is 3.23. The number of benzene rings is 2. The SMILES string of the molecule is CN(N=Cc1ccccc1)C1=NOCc2ccccc21. The molecule has 0 bridgehead atoms. The topological polar surface area (TPSA) is 37.2 Å². The fourth-order valence-electron chi connectivity index (χ4n) is 2.06. The molecule has 0 spiro atoms. The summed E-state index contributed by atoms with van der Waals surface area (Å²) in [6.07, 6.45) is 1.81. The fourth-order valence-corrected chi connectivity index (χ4v) is 2.06. The molecule has 1 aliphatic heterocycles. The molecule has 0 unspecified atom stereocenters. The number of fused-ring (bicyclic) bond motifs is 1. The van der Waals surface area contributed by atoms with Gasteiger partial charge in [0.2, 0.25) is 0 Å². The summed E-state index contributed by atoms with van der Waals surface area (Å²) in [6, 6.07) is 18.0. The molecule has 0 N–H and O–H groups in total. The number of hydrazone groups is 1. The second kappa shape index (κ2) is 5.57. The normalized spacial score (nSPS) is 13.6. The third-order valence-electron chi connectivity index (χ3n) is 3.12. The van der Waals surface area contributed by atoms with Gasteiger partial charge in [0.15, 0.2) is 5.84 Å². The van der Waals surface area contributed by atoms with Crippen molar-refractivity contribution in [3.05, 3.63) is 71.3 Å². The Morgan fingerprint density at radius 3 is 2.70 bits per heavy atom. The Morgan fingerprint density at radius 1 is 1.10 bits per heavy atom. The van der Waals surface area contributed by atoms with Crippen LogP contribution in [-0.4, -0.2) is 24.1 Å². The van der Waals surface area contributed by atoms with E-state index in [0.29, 0.717) is 6.61 Å². The van der Waals surface area contributed by atoms with Gasteiger partial charge in [-0.2, -0.15) is 5.10 Å². The van der Waals surface area contributed by atoms with E-state index in [2.05, 4.69) is 10.3 Å². The molecule has 3 rings (SSSR count). The van der Waals surface area contributed by atoms with Gasteiger partial charge in [0, 0.05) is 18.2 Å². The van der Waals surface area contributed by atoms with Crippen LogP contribution in [0.25, 0.3) is 0 Å². The zero-order valence-corrected chi connectivity index (χ0v) is 11.2. The van der Waals surface area contributed by atoms with Gasteiger partial charge in [-0.3, -0.25) is 0 Å². The third-order valence-corrected chi connectivity index (χ3v) is 3.12. The van der Waals surface area contributed by atoms with E-state index in [1.54, 1.807) is 11.2 Å². The quantitative estimate of drug-likeness (QED) is 0.618. The van der Waals surface area contributed by atoms with Gasteiger partial charge in [0.25, 0.3) is 0 Å². The number of nitrogens with zero attached hydrogens (tertiary/aromatic N) is 3. The average molecular weight is 265 g/mol. The molecule has 4 nitrogen and oxygen atoms in total. The monoisotopic (exact) mass is 265 g/mol. The van der Waals surface area contributed by atoms with Crippen molar-refractivity contribution >= 4 is 12.1 Å². The zero-order chi connectivity index (χ0) is 13.8. The molecule has 1 heterocycles. The van der Waals surface area contributed by atoms with Crippen LogP contribution in [0.4, 0.5) is 0 Å². The van der Waals surface area contributed by atoms with Crippen molar-refractivity contribution in [1.29, 1.82) is 0 Å². The first-order chi connectivity index (χ1) is 9.84. The van der Waals surface area contributed by atoms with Gasteiger partial charge >= 0.3 is 0 Å². The van der Waals surface area contributed by atoms with Gasteiger partial charge in [0.05, 0.1) is 6.21 Å². The van der Waals surface area contributed by atoms with Crippen molar-refractivity contribution < 1.29 is 4.84 Å². The first-order valence-electron chi connectivity index (χ1n) is 6.45. The maximum atomic E-state index is 5.25. The second-order valence-corrected chi connectivity index (χ2v) is 4.52. The van der Waals surface area contributed by atoms with Gasteiger partial charge < -0.3 is 4.84 Å². The van der Waals surface area contributed by atoms with Gasteiger partial charge in [-0.25, -0.2) is 5.01 Å². The Morgan fingerprint density at radius 2 is 1.85 bits per heavy atom. The maximum Gasteiger partial charge on any atom is 0.195 e. The number of hydrogen-bond acceptors (Lipinski definition) is 4. The second-order valence-electron chi connectivity index (χ2n) is 4.52. The highest BCUT2D eigenvalue weighted by atomic mass is 16.6. The van der Waals surface area contributed by atoms with Crippen molar-refractivity contribution in [2.24, 2.45) is 10.3 Å². The molecule has 100 valence electrons. The highest BCUT2D eigenvalue weighted by Crippen LogP contribution is 2.18. The Hall–Kier alpha value is -2.62. The molecular weight excluding hydrogens is 250 g/mol. The summed E-state index contributed by atoms with van der Waals surface area (Å²) in [5, 5.41) is 10.3. The molecule has 2 aromatic rings. The highest BCUT2D eigenvalue weighted by molar-refractivity contribution is 6.00. The molecule has 0 fully saturated rings. The van der Waals surface area contributed by atoms with Gasteiger partial charge in [-0.1, -0.05) is 59.8 Å². The minimum Gasteiger partial charge on any atom is -0.389 e. The van der Waals surface area contributed by atoms with Crippen molar-refractivity contribution in [2.45, 2.75) is 6.61 Å². The summed E-state index contributed by atoms with van der Waals surface area (Å²) >= 11 is 0. The standard InChI is InChI=1S/C16H15N3O/c1-19(17-11-13-7-3-2-4-8-13)16-15-10-6-5-9-14(15)12-20-18-16/h2-11H,12H2,1H3. The average Bonchev–Trinajstić information content (AvgIpc) is 2.53. The predicted octanol–water partition coefficient (Wildman–Crippen LogP) is 2.84. The van der Waals surface area contributed by atoms with E-state index in [0.717, 1.165) is 22.5 Å². The van der Waals surface area contributed by atoms with Crippen LogP contribution in [-0.2, 0) is 11.4 Å². The van der Waals surface area contributed by atoms with Crippen LogP contribution in [0.2, 0.25) is 0 Å². The maximum absolute atomic E-state index is 5.25. The predicted molar refractivity (Wildman–Crippen MR) is 79.6 cm³/mol. The van der Waals surface area contributed by atoms with Crippen LogP contribution in [0.5, 0.6) is 0 Å². The van der Waals surface area contributed by atoms with E-state index in [4.69, 9.17) is 4.84 Å². The lowest BCUT2D eigenvalue weighted by molar-refractivity contribution is 0.121. The molecule has 0 saturated carbocycles. The number of amidine groups is 1. The van der Waals surface area contributed by atoms with Crippen LogP contribution in [0.1, 0.15) is 16.7 Å². The Bertz CT molecular complexity index is 650. The Kier molecular flexibility index (Phi) is 3.46. The minimum absolute atomic E-state index is 0.510. The third kappa shape index (κ3) is 2.54. The van der Waals surface area contributed by atoms with E-state index in [1.165, 1.54) is 0 Å². The van der Waals surface area contributed by atoms with Crippen molar-refractivity contribution in [3.8, 4) is 0 Å². The first-order valence-corrected chi connectivity index (χ1v) is 6.45. The number of hydrogen-bond donors (Lipinski definition) is 0. The van der Waals surface area contributed by atoms with Crippen molar-refractivity contribution in [1.82, 2.24) is 5.01 Å². The summed E-state index contributed by atoms with van der Waals surface area (Å²) in [6.45, 7) is 0.510. The molecule has 0 aromatic heterocycles. The van der Waals surface area contributed by atoms with Gasteiger partial charge in [-0.05, 0) is 5.56 Å². The first kappa shape index (κ1) is 12.4. The van der Waals surface area contributed by atoms with Crippen LogP contribution in [0, 0.1) is 0 Å². The Labute approximate surface area is 118 Å². The highest BCUT2D eigenvalue weighted by Gasteiger charge is 2.17. The molecule has 20 heavy (non-hydrogen) atoms. The van der Waals surface area contributed by atoms with E-state index in [1.807, 2.05) is 61.6 Å². The molecule has 0 saturated heterocycles. The smallest absolute Gasteiger partial charge is 0.195 e. The fraction of sp³-hybridized carbons (Fsp3) is 0.125. The molecule has 1 aliphatic rings. The minimum atomic E-state index is 0.510. The molecule has 4 heteroatoms. The molecule has 2 aromatic carbocycles. The zero-order valence-electron chi connectivity index (χ0n) is 11.2. The van der Waals surface area contributed by atoms with Gasteiger partial charge in [0.1, 0.15) is 6.61 Å². The van der Waals surface area contributed by atoms with Crippen LogP contribution in [0.3, 0.4) is 0 Å². The molecular formula is C16H15N3O. The summed E-state index contributed by atoms with van der Waals surface area (Å²) in [5.74, 6) is 0.721. The largest absolute Gasteiger partial charge is 0.389 e. The lowest BCUT2D eigenvalue weighted by Gasteiger charge is -2.21. The lowest BCUT2D eigenvalue weighted by Crippen LogP contribution is -2.26. The Balaban J connectivity index is 1.83. The van der Waals surface area contributed by atoms with E-state index in [9.17, 15) is 0 Å².